The number of amides is 2. The van der Waals surface area contributed by atoms with E-state index in [1.165, 1.54) is 0 Å². The van der Waals surface area contributed by atoms with E-state index >= 15 is 0 Å². The fraction of sp³-hybridized carbons (Fsp3) is 0.222. The smallest absolute Gasteiger partial charge is 0.313 e. The number of benzene rings is 2. The molecule has 2 aromatic carbocycles. The maximum absolute atomic E-state index is 12.0. The van der Waals surface area contributed by atoms with E-state index in [4.69, 9.17) is 9.47 Å². The van der Waals surface area contributed by atoms with Gasteiger partial charge in [-0.1, -0.05) is 6.07 Å². The van der Waals surface area contributed by atoms with Crippen molar-refractivity contribution in [2.45, 2.75) is 6.54 Å². The highest BCUT2D eigenvalue weighted by Crippen LogP contribution is 2.32. The van der Waals surface area contributed by atoms with E-state index < -0.39 is 11.8 Å². The van der Waals surface area contributed by atoms with Crippen LogP contribution >= 0.6 is 0 Å². The second-order valence-corrected chi connectivity index (χ2v) is 5.77. The number of nitrogens with one attached hydrogen (secondary N) is 2. The summed E-state index contributed by atoms with van der Waals surface area (Å²) < 4.78 is 10.5. The summed E-state index contributed by atoms with van der Waals surface area (Å²) in [7, 11) is 3.86. The topological polar surface area (TPSA) is 79.9 Å². The van der Waals surface area contributed by atoms with E-state index in [0.717, 1.165) is 11.3 Å². The summed E-state index contributed by atoms with van der Waals surface area (Å²) >= 11 is 0. The van der Waals surface area contributed by atoms with Gasteiger partial charge in [-0.3, -0.25) is 9.59 Å². The van der Waals surface area contributed by atoms with Crippen LogP contribution in [-0.2, 0) is 16.1 Å². The lowest BCUT2D eigenvalue weighted by molar-refractivity contribution is -0.136. The number of hydrogen-bond donors (Lipinski definition) is 2. The van der Waals surface area contributed by atoms with Gasteiger partial charge >= 0.3 is 11.8 Å². The highest BCUT2D eigenvalue weighted by molar-refractivity contribution is 6.39. The van der Waals surface area contributed by atoms with Crippen LogP contribution in [0.1, 0.15) is 5.56 Å². The summed E-state index contributed by atoms with van der Waals surface area (Å²) in [5.74, 6) is -0.0983. The van der Waals surface area contributed by atoms with E-state index in [1.807, 2.05) is 37.2 Å². The fourth-order valence-corrected chi connectivity index (χ4v) is 2.34. The second-order valence-electron chi connectivity index (χ2n) is 5.77. The van der Waals surface area contributed by atoms with Gasteiger partial charge in [0.15, 0.2) is 11.5 Å². The van der Waals surface area contributed by atoms with Crippen molar-refractivity contribution in [2.24, 2.45) is 0 Å². The van der Waals surface area contributed by atoms with Crippen molar-refractivity contribution in [3.8, 4) is 11.5 Å². The fourth-order valence-electron chi connectivity index (χ4n) is 2.34. The zero-order valence-corrected chi connectivity index (χ0v) is 14.0. The Morgan fingerprint density at radius 2 is 1.72 bits per heavy atom. The van der Waals surface area contributed by atoms with Gasteiger partial charge in [0.05, 0.1) is 0 Å². The Balaban J connectivity index is 1.53. The molecule has 25 heavy (non-hydrogen) atoms. The highest BCUT2D eigenvalue weighted by atomic mass is 16.7. The zero-order chi connectivity index (χ0) is 17.8. The predicted octanol–water partition coefficient (Wildman–Crippen LogP) is 1.74. The molecule has 7 nitrogen and oxygen atoms in total. The normalized spacial score (nSPS) is 11.8. The molecule has 0 aromatic heterocycles. The monoisotopic (exact) mass is 341 g/mol. The molecule has 0 fully saturated rings. The molecule has 0 atom stereocenters. The van der Waals surface area contributed by atoms with Crippen LogP contribution in [0.4, 0.5) is 11.4 Å². The van der Waals surface area contributed by atoms with Crippen LogP contribution in [0.25, 0.3) is 0 Å². The molecule has 0 saturated heterocycles. The van der Waals surface area contributed by atoms with Crippen molar-refractivity contribution in [1.29, 1.82) is 0 Å². The molecule has 2 aromatic rings. The highest BCUT2D eigenvalue weighted by Gasteiger charge is 2.16. The van der Waals surface area contributed by atoms with Crippen LogP contribution in [0.15, 0.2) is 42.5 Å². The van der Waals surface area contributed by atoms with E-state index in [9.17, 15) is 9.59 Å². The summed E-state index contributed by atoms with van der Waals surface area (Å²) in [6.07, 6.45) is 0. The SMILES string of the molecule is CN(C)c1ccc(NC(=O)C(=O)NCc2ccc3c(c2)OCO3)cc1. The van der Waals surface area contributed by atoms with Crippen molar-refractivity contribution in [3.05, 3.63) is 48.0 Å². The van der Waals surface area contributed by atoms with E-state index in [2.05, 4.69) is 10.6 Å². The molecule has 0 bridgehead atoms. The number of carbonyl (C=O) groups excluding carboxylic acids is 2. The third-order valence-corrected chi connectivity index (χ3v) is 3.74. The lowest BCUT2D eigenvalue weighted by Gasteiger charge is -2.13. The van der Waals surface area contributed by atoms with Gasteiger partial charge in [-0.15, -0.1) is 0 Å². The minimum Gasteiger partial charge on any atom is -0.454 e. The van der Waals surface area contributed by atoms with Crippen molar-refractivity contribution in [3.63, 3.8) is 0 Å². The summed E-state index contributed by atoms with van der Waals surface area (Å²) in [5, 5.41) is 5.16. The van der Waals surface area contributed by atoms with Crippen LogP contribution in [0.2, 0.25) is 0 Å². The van der Waals surface area contributed by atoms with Crippen molar-refractivity contribution in [1.82, 2.24) is 5.32 Å². The molecule has 0 unspecified atom stereocenters. The summed E-state index contributed by atoms with van der Waals surface area (Å²) in [5.41, 5.74) is 2.39. The number of hydrogen-bond acceptors (Lipinski definition) is 5. The number of anilines is 2. The molecule has 0 spiro atoms. The Kier molecular flexibility index (Phi) is 4.74. The number of nitrogens with zero attached hydrogens (tertiary/aromatic N) is 1. The lowest BCUT2D eigenvalue weighted by Crippen LogP contribution is -2.34. The molecule has 7 heteroatoms. The van der Waals surface area contributed by atoms with Crippen molar-refractivity contribution in [2.75, 3.05) is 31.1 Å². The molecule has 0 saturated carbocycles. The number of rotatable bonds is 4. The molecule has 0 aliphatic carbocycles. The first-order valence-electron chi connectivity index (χ1n) is 7.78. The first kappa shape index (κ1) is 16.6. The van der Waals surface area contributed by atoms with Crippen LogP contribution in [0, 0.1) is 0 Å². The van der Waals surface area contributed by atoms with Gasteiger partial charge in [0.1, 0.15) is 0 Å². The van der Waals surface area contributed by atoms with Crippen LogP contribution < -0.4 is 25.0 Å². The van der Waals surface area contributed by atoms with E-state index in [-0.39, 0.29) is 13.3 Å². The zero-order valence-electron chi connectivity index (χ0n) is 14.0. The van der Waals surface area contributed by atoms with Gasteiger partial charge in [0.2, 0.25) is 6.79 Å². The van der Waals surface area contributed by atoms with Gasteiger partial charge in [-0.2, -0.15) is 0 Å². The van der Waals surface area contributed by atoms with Gasteiger partial charge in [0.25, 0.3) is 0 Å². The Morgan fingerprint density at radius 1 is 1.00 bits per heavy atom. The average molecular weight is 341 g/mol. The maximum Gasteiger partial charge on any atom is 0.313 e. The van der Waals surface area contributed by atoms with Gasteiger partial charge < -0.3 is 25.0 Å². The summed E-state index contributed by atoms with van der Waals surface area (Å²) in [4.78, 5) is 25.9. The standard InChI is InChI=1S/C18H19N3O4/c1-21(2)14-6-4-13(5-7-14)20-18(23)17(22)19-10-12-3-8-15-16(9-12)25-11-24-15/h3-9H,10-11H2,1-2H3,(H,19,22)(H,20,23). The van der Waals surface area contributed by atoms with Crippen LogP contribution in [0.5, 0.6) is 11.5 Å². The Hall–Kier alpha value is -3.22. The molecule has 1 heterocycles. The van der Waals surface area contributed by atoms with Gasteiger partial charge in [0, 0.05) is 32.0 Å². The minimum atomic E-state index is -0.710. The van der Waals surface area contributed by atoms with Crippen molar-refractivity contribution >= 4 is 23.2 Å². The molecule has 1 aliphatic rings. The first-order valence-corrected chi connectivity index (χ1v) is 7.78. The van der Waals surface area contributed by atoms with Gasteiger partial charge in [-0.25, -0.2) is 0 Å². The number of ether oxygens (including phenoxy) is 2. The molecule has 130 valence electrons. The molecule has 2 amide bonds. The first-order chi connectivity index (χ1) is 12.0. The minimum absolute atomic E-state index is 0.195. The second kappa shape index (κ2) is 7.12. The summed E-state index contributed by atoms with van der Waals surface area (Å²) in [6, 6.07) is 12.6. The molecule has 1 aliphatic heterocycles. The average Bonchev–Trinajstić information content (AvgIpc) is 3.07. The van der Waals surface area contributed by atoms with E-state index in [1.54, 1.807) is 24.3 Å². The molecular weight excluding hydrogens is 322 g/mol. The third-order valence-electron chi connectivity index (χ3n) is 3.74. The Labute approximate surface area is 145 Å². The maximum atomic E-state index is 12.0. The van der Waals surface area contributed by atoms with Crippen LogP contribution in [0.3, 0.4) is 0 Å². The van der Waals surface area contributed by atoms with Crippen LogP contribution in [-0.4, -0.2) is 32.7 Å². The number of carbonyl (C=O) groups is 2. The molecule has 0 radical (unpaired) electrons. The third kappa shape index (κ3) is 4.00. The predicted molar refractivity (Wildman–Crippen MR) is 93.8 cm³/mol. The molecule has 2 N–H and O–H groups in total. The lowest BCUT2D eigenvalue weighted by atomic mass is 10.2. The largest absolute Gasteiger partial charge is 0.454 e. The van der Waals surface area contributed by atoms with E-state index in [0.29, 0.717) is 17.2 Å². The number of fused-ring (bicyclic) bond motifs is 1. The Bertz CT molecular complexity index is 787. The molecular formula is C18H19N3O4. The summed E-state index contributed by atoms with van der Waals surface area (Å²) in [6.45, 7) is 0.419. The Morgan fingerprint density at radius 3 is 2.44 bits per heavy atom. The van der Waals surface area contributed by atoms with Gasteiger partial charge in [-0.05, 0) is 42.0 Å². The van der Waals surface area contributed by atoms with Crippen molar-refractivity contribution < 1.29 is 19.1 Å². The quantitative estimate of drug-likeness (QED) is 0.828. The molecule has 3 rings (SSSR count).